The number of fused-ring (bicyclic) bond motifs is 3. The molecule has 7 nitrogen and oxygen atoms in total. The van der Waals surface area contributed by atoms with Gasteiger partial charge in [-0.3, -0.25) is 9.36 Å². The summed E-state index contributed by atoms with van der Waals surface area (Å²) >= 11 is 1.30. The van der Waals surface area contributed by atoms with Crippen LogP contribution in [-0.4, -0.2) is 42.1 Å². The molecule has 0 aliphatic carbocycles. The number of ether oxygens (including phenoxy) is 3. The van der Waals surface area contributed by atoms with Gasteiger partial charge in [0.15, 0.2) is 17.3 Å². The Kier molecular flexibility index (Phi) is 7.20. The number of nitrogens with zero attached hydrogens (tertiary/aromatic N) is 3. The molecule has 0 spiro atoms. The van der Waals surface area contributed by atoms with Crippen LogP contribution >= 0.6 is 11.8 Å². The third kappa shape index (κ3) is 5.01. The third-order valence-electron chi connectivity index (χ3n) is 6.12. The molecule has 1 aliphatic heterocycles. The number of carbonyl (C=O) groups excluding carboxylic acids is 1. The molecule has 37 heavy (non-hydrogen) atoms. The minimum absolute atomic E-state index is 0.0493. The molecular formula is C26H28F3N3O4S. The second-order valence-electron chi connectivity index (χ2n) is 9.61. The number of aromatic nitrogens is 3. The van der Waals surface area contributed by atoms with Gasteiger partial charge in [0.25, 0.3) is 0 Å². The largest absolute Gasteiger partial charge is 0.493 e. The first-order chi connectivity index (χ1) is 17.4. The van der Waals surface area contributed by atoms with E-state index in [1.54, 1.807) is 22.8 Å². The van der Waals surface area contributed by atoms with Crippen LogP contribution in [0.2, 0.25) is 0 Å². The van der Waals surface area contributed by atoms with Crippen molar-refractivity contribution < 1.29 is 32.2 Å². The Labute approximate surface area is 217 Å². The van der Waals surface area contributed by atoms with Crippen LogP contribution in [-0.2, 0) is 21.1 Å². The normalized spacial score (nSPS) is 17.4. The number of alkyl halides is 3. The van der Waals surface area contributed by atoms with Crippen molar-refractivity contribution in [3.63, 3.8) is 0 Å². The van der Waals surface area contributed by atoms with Crippen LogP contribution in [0, 0.1) is 0 Å². The van der Waals surface area contributed by atoms with E-state index in [0.717, 1.165) is 12.1 Å². The highest BCUT2D eigenvalue weighted by atomic mass is 32.2. The number of esters is 1. The van der Waals surface area contributed by atoms with Gasteiger partial charge in [-0.15, -0.1) is 22.0 Å². The fraction of sp³-hybridized carbons (Fsp3) is 0.423. The standard InChI is InChI=1S/C26H28F3N3O4S/c1-25(2,3)24-31-30-23-19(13-20(33)35-5)37-22(15-8-7-9-18(34-4)21(15)36-6)16-12-14(26(27,28)29)10-11-17(16)32(23)24/h7-12,19,22H,13H2,1-6H3/t19-,22-/m1/s1. The molecule has 0 saturated carbocycles. The Balaban J connectivity index is 2.07. The number of para-hydroxylation sites is 1. The van der Waals surface area contributed by atoms with Gasteiger partial charge in [0.1, 0.15) is 5.82 Å². The van der Waals surface area contributed by atoms with E-state index in [9.17, 15) is 18.0 Å². The molecule has 1 aromatic heterocycles. The number of halogens is 3. The molecule has 2 atom stereocenters. The number of thioether (sulfide) groups is 1. The highest BCUT2D eigenvalue weighted by Gasteiger charge is 2.40. The van der Waals surface area contributed by atoms with Crippen molar-refractivity contribution in [2.45, 2.75) is 49.3 Å². The topological polar surface area (TPSA) is 75.5 Å². The summed E-state index contributed by atoms with van der Waals surface area (Å²) in [5.41, 5.74) is 0.243. The average Bonchev–Trinajstić information content (AvgIpc) is 3.26. The lowest BCUT2D eigenvalue weighted by molar-refractivity contribution is -0.140. The second kappa shape index (κ2) is 9.92. The van der Waals surface area contributed by atoms with Gasteiger partial charge in [0.2, 0.25) is 0 Å². The summed E-state index contributed by atoms with van der Waals surface area (Å²) in [5, 5.41) is 7.61. The highest BCUT2D eigenvalue weighted by Crippen LogP contribution is 2.54. The van der Waals surface area contributed by atoms with Crippen molar-refractivity contribution in [2.24, 2.45) is 0 Å². The number of methoxy groups -OCH3 is 3. The minimum Gasteiger partial charge on any atom is -0.493 e. The Hall–Kier alpha value is -3.21. The average molecular weight is 536 g/mol. The van der Waals surface area contributed by atoms with Crippen LogP contribution < -0.4 is 9.47 Å². The zero-order valence-corrected chi connectivity index (χ0v) is 22.2. The molecule has 0 radical (unpaired) electrons. The van der Waals surface area contributed by atoms with E-state index in [0.29, 0.717) is 40.0 Å². The van der Waals surface area contributed by atoms with Gasteiger partial charge in [0.05, 0.1) is 49.5 Å². The Morgan fingerprint density at radius 2 is 1.76 bits per heavy atom. The fourth-order valence-electron chi connectivity index (χ4n) is 4.40. The smallest absolute Gasteiger partial charge is 0.416 e. The molecule has 2 aromatic carbocycles. The maximum Gasteiger partial charge on any atom is 0.416 e. The van der Waals surface area contributed by atoms with Gasteiger partial charge in [0, 0.05) is 11.0 Å². The number of hydrogen-bond donors (Lipinski definition) is 0. The van der Waals surface area contributed by atoms with Crippen LogP contribution in [0.1, 0.15) is 66.0 Å². The molecule has 11 heteroatoms. The SMILES string of the molecule is COC(=O)C[C@H]1S[C@H](c2cccc(OC)c2OC)c2cc(C(F)(F)F)ccc2-n2c1nnc2C(C)(C)C. The molecule has 0 saturated heterocycles. The van der Waals surface area contributed by atoms with Gasteiger partial charge in [-0.2, -0.15) is 13.2 Å². The summed E-state index contributed by atoms with van der Waals surface area (Å²) in [6.45, 7) is 5.85. The van der Waals surface area contributed by atoms with Crippen molar-refractivity contribution in [2.75, 3.05) is 21.3 Å². The molecule has 0 bridgehead atoms. The zero-order chi connectivity index (χ0) is 27.1. The van der Waals surface area contributed by atoms with Gasteiger partial charge >= 0.3 is 12.1 Å². The summed E-state index contributed by atoms with van der Waals surface area (Å²) in [5.74, 6) is 1.40. The monoisotopic (exact) mass is 535 g/mol. The highest BCUT2D eigenvalue weighted by molar-refractivity contribution is 8.00. The van der Waals surface area contributed by atoms with E-state index in [1.807, 2.05) is 20.8 Å². The molecule has 0 fully saturated rings. The molecular weight excluding hydrogens is 507 g/mol. The van der Waals surface area contributed by atoms with Gasteiger partial charge in [-0.05, 0) is 29.8 Å². The predicted octanol–water partition coefficient (Wildman–Crippen LogP) is 6.04. The first kappa shape index (κ1) is 26.8. The molecule has 0 unspecified atom stereocenters. The lowest BCUT2D eigenvalue weighted by atomic mass is 9.94. The van der Waals surface area contributed by atoms with E-state index in [4.69, 9.17) is 14.2 Å². The van der Waals surface area contributed by atoms with Crippen LogP contribution in [0.3, 0.4) is 0 Å². The van der Waals surface area contributed by atoms with Crippen molar-refractivity contribution in [3.05, 3.63) is 64.7 Å². The Morgan fingerprint density at radius 1 is 1.03 bits per heavy atom. The molecule has 0 amide bonds. The summed E-state index contributed by atoms with van der Waals surface area (Å²) in [4.78, 5) is 12.4. The third-order valence-corrected chi connectivity index (χ3v) is 7.61. The first-order valence-corrected chi connectivity index (χ1v) is 12.5. The van der Waals surface area contributed by atoms with E-state index < -0.39 is 33.6 Å². The molecule has 0 N–H and O–H groups in total. The van der Waals surface area contributed by atoms with E-state index in [-0.39, 0.29) is 6.42 Å². The van der Waals surface area contributed by atoms with Gasteiger partial charge in [-0.1, -0.05) is 32.9 Å². The molecule has 3 aromatic rings. The Bertz CT molecular complexity index is 1320. The number of benzene rings is 2. The number of rotatable bonds is 5. The lowest BCUT2D eigenvalue weighted by Crippen LogP contribution is -2.20. The fourth-order valence-corrected chi connectivity index (χ4v) is 5.91. The summed E-state index contributed by atoms with van der Waals surface area (Å²) in [6, 6.07) is 8.92. The first-order valence-electron chi connectivity index (χ1n) is 11.5. The van der Waals surface area contributed by atoms with Crippen molar-refractivity contribution in [1.82, 2.24) is 14.8 Å². The summed E-state index contributed by atoms with van der Waals surface area (Å²) in [6.07, 6.45) is -4.60. The molecule has 4 rings (SSSR count). The van der Waals surface area contributed by atoms with Crippen molar-refractivity contribution >= 4 is 17.7 Å². The molecule has 2 heterocycles. The Morgan fingerprint density at radius 3 is 2.35 bits per heavy atom. The zero-order valence-electron chi connectivity index (χ0n) is 21.3. The molecule has 198 valence electrons. The predicted molar refractivity (Wildman–Crippen MR) is 133 cm³/mol. The van der Waals surface area contributed by atoms with Crippen molar-refractivity contribution in [1.29, 1.82) is 0 Å². The number of hydrogen-bond acceptors (Lipinski definition) is 7. The maximum absolute atomic E-state index is 13.9. The van der Waals surface area contributed by atoms with Crippen LogP contribution in [0.15, 0.2) is 36.4 Å². The van der Waals surface area contributed by atoms with Gasteiger partial charge in [-0.25, -0.2) is 0 Å². The van der Waals surface area contributed by atoms with Crippen molar-refractivity contribution in [3.8, 4) is 17.2 Å². The second-order valence-corrected chi connectivity index (χ2v) is 10.9. The summed E-state index contributed by atoms with van der Waals surface area (Å²) in [7, 11) is 4.27. The van der Waals surface area contributed by atoms with E-state index in [1.165, 1.54) is 39.2 Å². The summed E-state index contributed by atoms with van der Waals surface area (Å²) < 4.78 is 59.6. The minimum atomic E-state index is -4.55. The van der Waals surface area contributed by atoms with Crippen LogP contribution in [0.5, 0.6) is 11.5 Å². The van der Waals surface area contributed by atoms with E-state index >= 15 is 0 Å². The van der Waals surface area contributed by atoms with Crippen LogP contribution in [0.4, 0.5) is 13.2 Å². The maximum atomic E-state index is 13.9. The lowest BCUT2D eigenvalue weighted by Gasteiger charge is -2.25. The van der Waals surface area contributed by atoms with Gasteiger partial charge < -0.3 is 14.2 Å². The van der Waals surface area contributed by atoms with Crippen LogP contribution in [0.25, 0.3) is 5.69 Å². The van der Waals surface area contributed by atoms with E-state index in [2.05, 4.69) is 10.2 Å². The number of carbonyl (C=O) groups is 1. The molecule has 1 aliphatic rings. The quantitative estimate of drug-likeness (QED) is 0.369.